The maximum atomic E-state index is 12.6. The van der Waals surface area contributed by atoms with Gasteiger partial charge in [0.15, 0.2) is 9.84 Å². The van der Waals surface area contributed by atoms with E-state index in [2.05, 4.69) is 10.6 Å². The summed E-state index contributed by atoms with van der Waals surface area (Å²) in [7, 11) is -3.13. The predicted molar refractivity (Wildman–Crippen MR) is 101 cm³/mol. The minimum atomic E-state index is -3.13. The number of nitrogens with one attached hydrogen (secondary N) is 2. The molecule has 0 aliphatic carbocycles. The first-order valence-electron chi connectivity index (χ1n) is 8.47. The second-order valence-corrected chi connectivity index (χ2v) is 8.70. The zero-order chi connectivity index (χ0) is 19.4. The van der Waals surface area contributed by atoms with E-state index in [4.69, 9.17) is 4.42 Å². The van der Waals surface area contributed by atoms with Gasteiger partial charge in [-0.1, -0.05) is 17.7 Å². The van der Waals surface area contributed by atoms with Gasteiger partial charge in [0.2, 0.25) is 0 Å². The van der Waals surface area contributed by atoms with Crippen LogP contribution in [0.2, 0.25) is 0 Å². The van der Waals surface area contributed by atoms with E-state index in [-0.39, 0.29) is 17.2 Å². The van der Waals surface area contributed by atoms with Crippen molar-refractivity contribution >= 4 is 27.7 Å². The Hall–Kier alpha value is -2.87. The molecule has 1 aliphatic rings. The molecule has 7 nitrogen and oxygen atoms in total. The Bertz CT molecular complexity index is 960. The molecule has 2 heterocycles. The third-order valence-corrected chi connectivity index (χ3v) is 5.97. The van der Waals surface area contributed by atoms with Gasteiger partial charge in [0.1, 0.15) is 11.5 Å². The maximum absolute atomic E-state index is 12.6. The van der Waals surface area contributed by atoms with Crippen LogP contribution >= 0.6 is 0 Å². The summed E-state index contributed by atoms with van der Waals surface area (Å²) < 4.78 is 28.4. The van der Waals surface area contributed by atoms with E-state index < -0.39 is 27.7 Å². The third kappa shape index (κ3) is 5.07. The van der Waals surface area contributed by atoms with Crippen molar-refractivity contribution in [3.05, 3.63) is 65.2 Å². The Kier molecular flexibility index (Phi) is 5.46. The molecule has 2 aromatic rings. The van der Waals surface area contributed by atoms with Crippen molar-refractivity contribution in [2.24, 2.45) is 0 Å². The molecular formula is C19H20N2O5S. The van der Waals surface area contributed by atoms with Gasteiger partial charge >= 0.3 is 0 Å². The molecule has 1 aromatic carbocycles. The summed E-state index contributed by atoms with van der Waals surface area (Å²) in [6.45, 7) is 1.91. The molecule has 2 amide bonds. The molecule has 0 spiro atoms. The van der Waals surface area contributed by atoms with Crippen LogP contribution < -0.4 is 10.6 Å². The van der Waals surface area contributed by atoms with Gasteiger partial charge in [0.25, 0.3) is 11.8 Å². The third-order valence-electron chi connectivity index (χ3n) is 4.20. The maximum Gasteiger partial charge on any atom is 0.268 e. The van der Waals surface area contributed by atoms with E-state index in [1.54, 1.807) is 36.4 Å². The van der Waals surface area contributed by atoms with Gasteiger partial charge in [0.05, 0.1) is 17.8 Å². The molecular weight excluding hydrogens is 368 g/mol. The molecule has 142 valence electrons. The van der Waals surface area contributed by atoms with Gasteiger partial charge in [-0.2, -0.15) is 0 Å². The fourth-order valence-electron chi connectivity index (χ4n) is 2.75. The average molecular weight is 388 g/mol. The quantitative estimate of drug-likeness (QED) is 0.758. The van der Waals surface area contributed by atoms with Gasteiger partial charge in [-0.3, -0.25) is 9.59 Å². The fourth-order valence-corrected chi connectivity index (χ4v) is 4.42. The van der Waals surface area contributed by atoms with Crippen LogP contribution in [-0.2, 0) is 14.6 Å². The average Bonchev–Trinajstić information content (AvgIpc) is 3.24. The summed E-state index contributed by atoms with van der Waals surface area (Å²) in [5.41, 5.74) is 1.40. The van der Waals surface area contributed by atoms with Gasteiger partial charge in [-0.15, -0.1) is 0 Å². The number of amides is 2. The first-order chi connectivity index (χ1) is 12.8. The molecule has 0 unspecified atom stereocenters. The molecule has 1 saturated heterocycles. The van der Waals surface area contributed by atoms with Crippen LogP contribution in [0.3, 0.4) is 0 Å². The van der Waals surface area contributed by atoms with Crippen molar-refractivity contribution in [2.45, 2.75) is 19.4 Å². The number of hydrogen-bond donors (Lipinski definition) is 2. The van der Waals surface area contributed by atoms with E-state index in [1.807, 2.05) is 6.92 Å². The lowest BCUT2D eigenvalue weighted by Crippen LogP contribution is -2.41. The highest BCUT2D eigenvalue weighted by Gasteiger charge is 2.30. The number of carbonyl (C=O) groups is 2. The zero-order valence-electron chi connectivity index (χ0n) is 14.8. The molecule has 1 atom stereocenters. The Morgan fingerprint density at radius 3 is 2.52 bits per heavy atom. The summed E-state index contributed by atoms with van der Waals surface area (Å²) in [5.74, 6) is -0.664. The molecule has 27 heavy (non-hydrogen) atoms. The number of rotatable bonds is 5. The van der Waals surface area contributed by atoms with E-state index in [0.29, 0.717) is 17.7 Å². The molecule has 3 rings (SSSR count). The van der Waals surface area contributed by atoms with Gasteiger partial charge < -0.3 is 15.1 Å². The lowest BCUT2D eigenvalue weighted by Gasteiger charge is -2.14. The number of carbonyl (C=O) groups excluding carboxylic acids is 2. The fraction of sp³-hybridized carbons (Fsp3) is 0.263. The summed E-state index contributed by atoms with van der Waals surface area (Å²) >= 11 is 0. The van der Waals surface area contributed by atoms with Crippen molar-refractivity contribution in [2.75, 3.05) is 11.5 Å². The first kappa shape index (κ1) is 18.9. The molecule has 0 bridgehead atoms. The Morgan fingerprint density at radius 2 is 1.93 bits per heavy atom. The van der Waals surface area contributed by atoms with Crippen LogP contribution in [0.25, 0.3) is 6.08 Å². The molecule has 8 heteroatoms. The number of sulfone groups is 1. The molecule has 0 saturated carbocycles. The van der Waals surface area contributed by atoms with Crippen molar-refractivity contribution in [3.63, 3.8) is 0 Å². The summed E-state index contributed by atoms with van der Waals surface area (Å²) in [5, 5.41) is 5.26. The molecule has 0 radical (unpaired) electrons. The normalized spacial score (nSPS) is 18.9. The predicted octanol–water partition coefficient (Wildman–Crippen LogP) is 1.66. The molecule has 1 fully saturated rings. The zero-order valence-corrected chi connectivity index (χ0v) is 15.6. The van der Waals surface area contributed by atoms with Gasteiger partial charge in [-0.05, 0) is 37.6 Å². The van der Waals surface area contributed by atoms with Gasteiger partial charge in [0, 0.05) is 17.7 Å². The smallest absolute Gasteiger partial charge is 0.268 e. The van der Waals surface area contributed by atoms with Crippen LogP contribution in [-0.4, -0.2) is 37.8 Å². The second-order valence-electron chi connectivity index (χ2n) is 6.47. The monoisotopic (exact) mass is 388 g/mol. The van der Waals surface area contributed by atoms with Crippen molar-refractivity contribution in [3.8, 4) is 0 Å². The summed E-state index contributed by atoms with van der Waals surface area (Å²) in [6.07, 6.45) is 3.21. The van der Waals surface area contributed by atoms with Crippen LogP contribution in [0.15, 0.2) is 52.8 Å². The van der Waals surface area contributed by atoms with Crippen LogP contribution in [0, 0.1) is 6.92 Å². The first-order valence-corrected chi connectivity index (χ1v) is 10.3. The van der Waals surface area contributed by atoms with Gasteiger partial charge in [-0.25, -0.2) is 8.42 Å². The number of furan rings is 1. The highest BCUT2D eigenvalue weighted by molar-refractivity contribution is 7.91. The van der Waals surface area contributed by atoms with Crippen molar-refractivity contribution in [1.82, 2.24) is 10.6 Å². The van der Waals surface area contributed by atoms with Crippen molar-refractivity contribution < 1.29 is 22.4 Å². The number of benzene rings is 1. The van der Waals surface area contributed by atoms with Crippen LogP contribution in [0.4, 0.5) is 0 Å². The number of aryl methyl sites for hydroxylation is 1. The lowest BCUT2D eigenvalue weighted by molar-refractivity contribution is -0.118. The summed E-state index contributed by atoms with van der Waals surface area (Å²) in [6, 6.07) is 9.76. The Morgan fingerprint density at radius 1 is 1.19 bits per heavy atom. The topological polar surface area (TPSA) is 105 Å². The largest absolute Gasteiger partial charge is 0.465 e. The van der Waals surface area contributed by atoms with Crippen LogP contribution in [0.1, 0.15) is 28.1 Å². The number of hydrogen-bond acceptors (Lipinski definition) is 5. The van der Waals surface area contributed by atoms with E-state index in [1.165, 1.54) is 12.3 Å². The minimum absolute atomic E-state index is 0.0141. The lowest BCUT2D eigenvalue weighted by atomic mass is 10.1. The van der Waals surface area contributed by atoms with Crippen LogP contribution in [0.5, 0.6) is 0 Å². The standard InChI is InChI=1S/C19H20N2O5S/c1-13-4-6-14(7-5-13)18(22)21-17(11-16-3-2-9-26-16)19(23)20-15-8-10-27(24,25)12-15/h2-7,9,11,15H,8,10,12H2,1H3,(H,20,23)(H,21,22)/b17-11+/t15-/m1/s1. The second kappa shape index (κ2) is 7.79. The highest BCUT2D eigenvalue weighted by atomic mass is 32.2. The van der Waals surface area contributed by atoms with E-state index in [0.717, 1.165) is 5.56 Å². The van der Waals surface area contributed by atoms with E-state index in [9.17, 15) is 18.0 Å². The summed E-state index contributed by atoms with van der Waals surface area (Å²) in [4.78, 5) is 25.1. The SMILES string of the molecule is Cc1ccc(C(=O)N/C(=C/c2ccco2)C(=O)N[C@@H]2CCS(=O)(=O)C2)cc1. The minimum Gasteiger partial charge on any atom is -0.465 e. The Labute approximate surface area is 157 Å². The Balaban J connectivity index is 1.77. The van der Waals surface area contributed by atoms with Crippen molar-refractivity contribution in [1.29, 1.82) is 0 Å². The van der Waals surface area contributed by atoms with E-state index >= 15 is 0 Å². The molecule has 2 N–H and O–H groups in total. The molecule has 1 aromatic heterocycles. The molecule has 1 aliphatic heterocycles. The highest BCUT2D eigenvalue weighted by Crippen LogP contribution is 2.13.